The van der Waals surface area contributed by atoms with Gasteiger partial charge in [-0.2, -0.15) is 0 Å². The molecular weight excluding hydrogens is 1000 g/mol. The minimum atomic E-state index is -1.16. The molecule has 79 heavy (non-hydrogen) atoms. The molecule has 4 aromatic rings. The first-order chi connectivity index (χ1) is 37.8. The van der Waals surface area contributed by atoms with E-state index in [0.29, 0.717) is 37.4 Å². The summed E-state index contributed by atoms with van der Waals surface area (Å²) in [5.74, 6) is -1.46. The van der Waals surface area contributed by atoms with Gasteiger partial charge in [0.05, 0.1) is 42.5 Å². The summed E-state index contributed by atoms with van der Waals surface area (Å²) in [6.07, 6.45) is 9.87. The molecule has 18 heteroatoms. The fourth-order valence-corrected chi connectivity index (χ4v) is 13.5. The summed E-state index contributed by atoms with van der Waals surface area (Å²) in [6, 6.07) is 11.0. The second-order valence-electron chi connectivity index (χ2n) is 25.1. The predicted molar refractivity (Wildman–Crippen MR) is 302 cm³/mol. The molecule has 4 amide bonds. The van der Waals surface area contributed by atoms with Gasteiger partial charge in [-0.3, -0.25) is 39.3 Å². The largest absolute Gasteiger partial charge is 0.508 e. The molecule has 6 unspecified atom stereocenters. The number of nitrogens with zero attached hydrogens (tertiary/aromatic N) is 7. The Hall–Kier alpha value is -6.08. The van der Waals surface area contributed by atoms with Crippen molar-refractivity contribution in [1.29, 1.82) is 0 Å². The van der Waals surface area contributed by atoms with Crippen LogP contribution in [-0.2, 0) is 52.8 Å². The number of hydrazine groups is 1. The highest BCUT2D eigenvalue weighted by Gasteiger charge is 2.57. The van der Waals surface area contributed by atoms with Gasteiger partial charge in [-0.15, -0.1) is 0 Å². The minimum Gasteiger partial charge on any atom is -0.508 e. The number of pyridine rings is 1. The molecule has 7 aliphatic rings. The smallest absolute Gasteiger partial charge is 0.325 e. The van der Waals surface area contributed by atoms with E-state index in [-0.39, 0.29) is 66.7 Å². The molecule has 6 bridgehead atoms. The van der Waals surface area contributed by atoms with E-state index in [1.807, 2.05) is 19.2 Å². The summed E-state index contributed by atoms with van der Waals surface area (Å²) in [5, 5.41) is 20.5. The van der Waals surface area contributed by atoms with Crippen LogP contribution in [0.4, 0.5) is 5.69 Å². The van der Waals surface area contributed by atoms with Gasteiger partial charge in [0.2, 0.25) is 17.7 Å². The lowest BCUT2D eigenvalue weighted by atomic mass is 9.83. The number of nitrogens with one attached hydrogen (secondary N) is 3. The second kappa shape index (κ2) is 21.8. The minimum absolute atomic E-state index is 0.00238. The maximum absolute atomic E-state index is 15.2. The number of aryl methyl sites for hydroxylation is 1. The Labute approximate surface area is 464 Å². The number of hydrogen-bond acceptors (Lipinski definition) is 13. The number of benzene rings is 2. The van der Waals surface area contributed by atoms with Gasteiger partial charge in [0.15, 0.2) is 0 Å². The Kier molecular flexibility index (Phi) is 15.1. The van der Waals surface area contributed by atoms with E-state index in [0.717, 1.165) is 128 Å². The van der Waals surface area contributed by atoms with E-state index >= 15 is 9.59 Å². The number of anilines is 1. The number of carbonyl (C=O) groups excluding carboxylic acids is 5. The Balaban J connectivity index is 0.977. The molecule has 6 fully saturated rings. The molecule has 424 valence electrons. The van der Waals surface area contributed by atoms with Crippen molar-refractivity contribution in [2.24, 2.45) is 22.7 Å². The van der Waals surface area contributed by atoms with Crippen LogP contribution >= 0.6 is 0 Å². The average Bonchev–Trinajstić information content (AvgIpc) is 4.59. The van der Waals surface area contributed by atoms with E-state index < -0.39 is 41.3 Å². The first kappa shape index (κ1) is 54.9. The predicted octanol–water partition coefficient (Wildman–Crippen LogP) is 5.82. The topological polar surface area (TPSA) is 204 Å². The summed E-state index contributed by atoms with van der Waals surface area (Å²) in [5.41, 5.74) is 10.6. The Morgan fingerprint density at radius 2 is 1.71 bits per heavy atom. The number of rotatable bonds is 13. The molecule has 4 N–H and O–H groups in total. The van der Waals surface area contributed by atoms with Gasteiger partial charge in [-0.1, -0.05) is 38.8 Å². The lowest BCUT2D eigenvalue weighted by Gasteiger charge is -2.41. The second-order valence-corrected chi connectivity index (χ2v) is 25.1. The van der Waals surface area contributed by atoms with Crippen LogP contribution in [0.5, 0.6) is 5.75 Å². The van der Waals surface area contributed by atoms with E-state index in [1.54, 1.807) is 33.3 Å². The summed E-state index contributed by atoms with van der Waals surface area (Å²) < 4.78 is 14.8. The third-order valence-corrected chi connectivity index (χ3v) is 18.7. The van der Waals surface area contributed by atoms with Crippen molar-refractivity contribution >= 4 is 46.2 Å². The standard InChI is InChI=1S/C61H82N10O8/c1-9-70-48-17-16-40-30-44(48)46(54(70)45-31-42(33-62-50(45)36(2)78-8)69-24-22-66(5)23-25-69)32-60(3,4)35-79-59(77)55-61(18-19-61)20-21-71(65-55)57(75)47(28-37-26-41(40)29-43(72)27-37)63-56(74)53(39-12-10-11-13-39)68(7)49(73)34-67(6)58(76)52-51(64-52)38-14-15-38/h16-17,26-27,29-31,33,36,38-39,47,51-53,55,64-65,72H,9-15,18-25,28,32,34-35H2,1-8H3,(H,63,74). The highest BCUT2D eigenvalue weighted by atomic mass is 16.5. The molecule has 6 atom stereocenters. The lowest BCUT2D eigenvalue weighted by molar-refractivity contribution is -0.159. The molecule has 18 nitrogen and oxygen atoms in total. The van der Waals surface area contributed by atoms with Gasteiger partial charge in [0, 0.05) is 94.8 Å². The number of carbonyl (C=O) groups is 5. The Bertz CT molecular complexity index is 3010. The molecule has 4 aliphatic heterocycles. The van der Waals surface area contributed by atoms with Gasteiger partial charge < -0.3 is 44.1 Å². The number of aromatic hydroxyl groups is 1. The van der Waals surface area contributed by atoms with E-state index in [9.17, 15) is 19.5 Å². The van der Waals surface area contributed by atoms with Crippen LogP contribution in [0.3, 0.4) is 0 Å². The van der Waals surface area contributed by atoms with E-state index in [4.69, 9.17) is 14.5 Å². The number of hydrogen-bond donors (Lipinski definition) is 4. The van der Waals surface area contributed by atoms with Gasteiger partial charge in [-0.25, -0.2) is 5.43 Å². The zero-order valence-electron chi connectivity index (χ0n) is 47.6. The van der Waals surface area contributed by atoms with Crippen LogP contribution in [-0.4, -0.2) is 168 Å². The van der Waals surface area contributed by atoms with Crippen molar-refractivity contribution < 1.29 is 38.6 Å². The molecule has 6 heterocycles. The molecule has 3 saturated carbocycles. The fraction of sp³-hybridized carbons (Fsp3) is 0.607. The number of methoxy groups -OCH3 is 1. The highest BCUT2D eigenvalue weighted by molar-refractivity contribution is 5.97. The third-order valence-electron chi connectivity index (χ3n) is 18.7. The Morgan fingerprint density at radius 3 is 2.41 bits per heavy atom. The van der Waals surface area contributed by atoms with E-state index in [1.165, 1.54) is 14.8 Å². The molecule has 2 aromatic heterocycles. The maximum Gasteiger partial charge on any atom is 0.325 e. The molecule has 11 rings (SSSR count). The molecule has 2 aromatic carbocycles. The quantitative estimate of drug-likeness (QED) is 0.0923. The third kappa shape index (κ3) is 11.1. The highest BCUT2D eigenvalue weighted by Crippen LogP contribution is 2.54. The molecule has 3 aliphatic carbocycles. The summed E-state index contributed by atoms with van der Waals surface area (Å²) >= 11 is 0. The normalized spacial score (nSPS) is 24.9. The summed E-state index contributed by atoms with van der Waals surface area (Å²) in [6.45, 7) is 13.0. The maximum atomic E-state index is 15.2. The van der Waals surface area contributed by atoms with Crippen LogP contribution in [0.2, 0.25) is 0 Å². The summed E-state index contributed by atoms with van der Waals surface area (Å²) in [4.78, 5) is 85.4. The van der Waals surface area contributed by atoms with Gasteiger partial charge in [0.25, 0.3) is 5.91 Å². The number of fused-ring (bicyclic) bond motifs is 7. The van der Waals surface area contributed by atoms with Gasteiger partial charge in [0.1, 0.15) is 29.9 Å². The number of aromatic nitrogens is 2. The number of esters is 1. The van der Waals surface area contributed by atoms with Crippen molar-refractivity contribution in [3.8, 4) is 28.1 Å². The van der Waals surface area contributed by atoms with Crippen LogP contribution in [0.15, 0.2) is 48.7 Å². The number of phenolic OH excluding ortho intramolecular Hbond substituents is 1. The lowest BCUT2D eigenvalue weighted by Crippen LogP contribution is -2.64. The van der Waals surface area contributed by atoms with Crippen molar-refractivity contribution in [1.82, 2.24) is 45.3 Å². The van der Waals surface area contributed by atoms with E-state index in [2.05, 4.69) is 82.5 Å². The monoisotopic (exact) mass is 1080 g/mol. The average molecular weight is 1080 g/mol. The zero-order valence-corrected chi connectivity index (χ0v) is 47.6. The number of ether oxygens (including phenoxy) is 2. The molecular formula is C61H82N10O8. The summed E-state index contributed by atoms with van der Waals surface area (Å²) in [7, 11) is 7.12. The van der Waals surface area contributed by atoms with Crippen LogP contribution in [0.1, 0.15) is 108 Å². The van der Waals surface area contributed by atoms with Crippen LogP contribution in [0, 0.1) is 22.7 Å². The zero-order chi connectivity index (χ0) is 55.7. The van der Waals surface area contributed by atoms with Crippen molar-refractivity contribution in [3.63, 3.8) is 0 Å². The number of piperazine rings is 1. The molecule has 0 radical (unpaired) electrons. The number of phenols is 1. The van der Waals surface area contributed by atoms with Crippen molar-refractivity contribution in [2.75, 3.05) is 79.0 Å². The number of likely N-dealkylation sites (N-methyl/N-ethyl adjacent to an activating group) is 3. The SMILES string of the molecule is CCn1c(-c2cc(N3CCN(C)CC3)cnc2C(C)OC)c2c3cc(ccc31)-c1cc(O)cc(c1)CC(NC(=O)C(C1CCCC1)N(C)C(=O)CN(C)C(=O)C1NC1C1CC1)C(=O)N1CCC3(CC3)C(N1)C(=O)OCC(C)(C)C2. The number of amides is 4. The Morgan fingerprint density at radius 1 is 0.962 bits per heavy atom. The van der Waals surface area contributed by atoms with Crippen molar-refractivity contribution in [3.05, 3.63) is 65.5 Å². The van der Waals surface area contributed by atoms with Gasteiger partial charge in [-0.05, 0) is 142 Å². The van der Waals surface area contributed by atoms with Crippen LogP contribution < -0.4 is 21.0 Å². The van der Waals surface area contributed by atoms with Crippen LogP contribution in [0.25, 0.3) is 33.3 Å². The van der Waals surface area contributed by atoms with Crippen molar-refractivity contribution in [2.45, 2.75) is 141 Å². The first-order valence-electron chi connectivity index (χ1n) is 29.1. The first-order valence-corrected chi connectivity index (χ1v) is 29.1. The van der Waals surface area contributed by atoms with Gasteiger partial charge >= 0.3 is 5.97 Å². The fourth-order valence-electron chi connectivity index (χ4n) is 13.5. The molecule has 3 saturated heterocycles. The molecule has 1 spiro atoms. The number of cyclic esters (lactones) is 1.